The number of ether oxygens (including phenoxy) is 1. The second-order valence-electron chi connectivity index (χ2n) is 4.62. The van der Waals surface area contributed by atoms with Crippen LogP contribution in [0.4, 0.5) is 0 Å². The second-order valence-corrected chi connectivity index (χ2v) is 4.62. The largest absolute Gasteiger partial charge is 0.496 e. The third-order valence-corrected chi connectivity index (χ3v) is 2.83. The number of primary amides is 1. The smallest absolute Gasteiger partial charge is 0.326 e. The van der Waals surface area contributed by atoms with Crippen LogP contribution in [0.15, 0.2) is 18.2 Å². The van der Waals surface area contributed by atoms with E-state index in [1.54, 1.807) is 12.1 Å². The van der Waals surface area contributed by atoms with Crippen molar-refractivity contribution < 1.29 is 24.2 Å². The Balaban J connectivity index is 2.78. The lowest BCUT2D eigenvalue weighted by molar-refractivity contribution is -0.143. The highest BCUT2D eigenvalue weighted by atomic mass is 16.5. The van der Waals surface area contributed by atoms with Crippen LogP contribution in [0, 0.1) is 6.92 Å². The minimum atomic E-state index is -1.33. The van der Waals surface area contributed by atoms with E-state index < -0.39 is 30.2 Å². The molecule has 7 nitrogen and oxygen atoms in total. The van der Waals surface area contributed by atoms with Gasteiger partial charge in [-0.15, -0.1) is 0 Å². The predicted octanol–water partition coefficient (Wildman–Crippen LogP) is -0.00908. The average Bonchev–Trinajstić information content (AvgIpc) is 2.37. The van der Waals surface area contributed by atoms with Crippen molar-refractivity contribution in [2.24, 2.45) is 5.73 Å². The van der Waals surface area contributed by atoms with Gasteiger partial charge in [-0.05, 0) is 13.0 Å². The summed E-state index contributed by atoms with van der Waals surface area (Å²) >= 11 is 0. The Morgan fingerprint density at radius 3 is 2.57 bits per heavy atom. The average molecular weight is 294 g/mol. The zero-order chi connectivity index (χ0) is 16.0. The fourth-order valence-electron chi connectivity index (χ4n) is 1.87. The predicted molar refractivity (Wildman–Crippen MR) is 74.8 cm³/mol. The molecule has 0 aromatic heterocycles. The van der Waals surface area contributed by atoms with Gasteiger partial charge < -0.3 is 20.9 Å². The number of rotatable bonds is 7. The summed E-state index contributed by atoms with van der Waals surface area (Å²) in [5.41, 5.74) is 6.54. The molecule has 7 heteroatoms. The van der Waals surface area contributed by atoms with Gasteiger partial charge in [-0.1, -0.05) is 17.7 Å². The van der Waals surface area contributed by atoms with Crippen LogP contribution in [0.5, 0.6) is 5.75 Å². The van der Waals surface area contributed by atoms with Crippen molar-refractivity contribution in [1.82, 2.24) is 5.32 Å². The van der Waals surface area contributed by atoms with Gasteiger partial charge in [0.25, 0.3) is 0 Å². The van der Waals surface area contributed by atoms with Gasteiger partial charge in [-0.2, -0.15) is 0 Å². The number of carbonyl (C=O) groups is 3. The number of hydrogen-bond donors (Lipinski definition) is 3. The number of methoxy groups -OCH3 is 1. The van der Waals surface area contributed by atoms with Crippen molar-refractivity contribution >= 4 is 17.8 Å². The number of hydrogen-bond acceptors (Lipinski definition) is 4. The molecule has 1 aromatic rings. The summed E-state index contributed by atoms with van der Waals surface area (Å²) in [5.74, 6) is -2.08. The lowest BCUT2D eigenvalue weighted by Gasteiger charge is -2.14. The number of amides is 2. The third kappa shape index (κ3) is 5.13. The van der Waals surface area contributed by atoms with Gasteiger partial charge in [0, 0.05) is 5.56 Å². The van der Waals surface area contributed by atoms with Gasteiger partial charge in [0.1, 0.15) is 11.8 Å². The number of nitrogens with two attached hydrogens (primary N) is 1. The van der Waals surface area contributed by atoms with Crippen LogP contribution >= 0.6 is 0 Å². The van der Waals surface area contributed by atoms with E-state index in [4.69, 9.17) is 15.6 Å². The zero-order valence-corrected chi connectivity index (χ0v) is 11.9. The Hall–Kier alpha value is -2.57. The number of nitrogens with one attached hydrogen (secondary N) is 1. The SMILES string of the molecule is COc1ccc(C)cc1CC(=O)N[C@@H](CC(N)=O)C(=O)O. The van der Waals surface area contributed by atoms with Crippen molar-refractivity contribution in [3.8, 4) is 5.75 Å². The Labute approximate surface area is 122 Å². The molecule has 1 aromatic carbocycles. The first kappa shape index (κ1) is 16.5. The quantitative estimate of drug-likeness (QED) is 0.653. The molecule has 0 fully saturated rings. The summed E-state index contributed by atoms with van der Waals surface area (Å²) in [4.78, 5) is 33.6. The van der Waals surface area contributed by atoms with E-state index in [0.717, 1.165) is 5.56 Å². The highest BCUT2D eigenvalue weighted by Gasteiger charge is 2.22. The molecule has 1 rings (SSSR count). The maximum absolute atomic E-state index is 11.9. The summed E-state index contributed by atoms with van der Waals surface area (Å²) in [6.45, 7) is 1.87. The minimum Gasteiger partial charge on any atom is -0.496 e. The lowest BCUT2D eigenvalue weighted by atomic mass is 10.1. The van der Waals surface area contributed by atoms with Crippen LogP contribution in [-0.2, 0) is 20.8 Å². The van der Waals surface area contributed by atoms with E-state index in [0.29, 0.717) is 11.3 Å². The number of carbonyl (C=O) groups excluding carboxylic acids is 2. The molecule has 0 radical (unpaired) electrons. The number of benzene rings is 1. The third-order valence-electron chi connectivity index (χ3n) is 2.83. The topological polar surface area (TPSA) is 119 Å². The molecule has 0 spiro atoms. The standard InChI is InChI=1S/C14H18N2O5/c1-8-3-4-11(21-2)9(5-8)6-13(18)16-10(14(19)20)7-12(15)17/h3-5,10H,6-7H2,1-2H3,(H2,15,17)(H,16,18)(H,19,20)/t10-/m0/s1. The summed E-state index contributed by atoms with van der Waals surface area (Å²) in [7, 11) is 1.49. The molecule has 2 amide bonds. The van der Waals surface area contributed by atoms with E-state index in [1.165, 1.54) is 7.11 Å². The van der Waals surface area contributed by atoms with Crippen molar-refractivity contribution in [2.45, 2.75) is 25.8 Å². The molecular weight excluding hydrogens is 276 g/mol. The van der Waals surface area contributed by atoms with Gasteiger partial charge in [0.2, 0.25) is 11.8 Å². The monoisotopic (exact) mass is 294 g/mol. The number of carboxylic acid groups (broad SMARTS) is 1. The van der Waals surface area contributed by atoms with Crippen molar-refractivity contribution in [1.29, 1.82) is 0 Å². The van der Waals surface area contributed by atoms with Crippen LogP contribution in [0.25, 0.3) is 0 Å². The normalized spacial score (nSPS) is 11.5. The number of aryl methyl sites for hydroxylation is 1. The van der Waals surface area contributed by atoms with Crippen LogP contribution in [0.1, 0.15) is 17.5 Å². The zero-order valence-electron chi connectivity index (χ0n) is 11.9. The first-order chi connectivity index (χ1) is 9.83. The van der Waals surface area contributed by atoms with E-state index >= 15 is 0 Å². The molecule has 0 aliphatic rings. The van der Waals surface area contributed by atoms with Crippen molar-refractivity contribution in [3.05, 3.63) is 29.3 Å². The van der Waals surface area contributed by atoms with Gasteiger partial charge in [0.15, 0.2) is 0 Å². The molecule has 4 N–H and O–H groups in total. The van der Waals surface area contributed by atoms with Crippen molar-refractivity contribution in [2.75, 3.05) is 7.11 Å². The summed E-state index contributed by atoms with van der Waals surface area (Å²) < 4.78 is 5.15. The Morgan fingerprint density at radius 2 is 2.05 bits per heavy atom. The maximum Gasteiger partial charge on any atom is 0.326 e. The Morgan fingerprint density at radius 1 is 1.38 bits per heavy atom. The van der Waals surface area contributed by atoms with E-state index in [1.807, 2.05) is 13.0 Å². The summed E-state index contributed by atoms with van der Waals surface area (Å²) in [5, 5.41) is 11.2. The number of aliphatic carboxylic acids is 1. The van der Waals surface area contributed by atoms with E-state index in [2.05, 4.69) is 5.32 Å². The summed E-state index contributed by atoms with van der Waals surface area (Å²) in [6.07, 6.45) is -0.501. The van der Waals surface area contributed by atoms with Gasteiger partial charge in [0.05, 0.1) is 20.0 Å². The summed E-state index contributed by atoms with van der Waals surface area (Å²) in [6, 6.07) is 4.02. The molecule has 21 heavy (non-hydrogen) atoms. The second kappa shape index (κ2) is 7.28. The molecule has 0 aliphatic carbocycles. The van der Waals surface area contributed by atoms with Crippen molar-refractivity contribution in [3.63, 3.8) is 0 Å². The molecule has 0 saturated carbocycles. The molecule has 0 saturated heterocycles. The fraction of sp³-hybridized carbons (Fsp3) is 0.357. The molecule has 0 heterocycles. The van der Waals surface area contributed by atoms with Gasteiger partial charge in [-0.3, -0.25) is 9.59 Å². The van der Waals surface area contributed by atoms with Crippen LogP contribution < -0.4 is 15.8 Å². The van der Waals surface area contributed by atoms with Crippen LogP contribution in [0.3, 0.4) is 0 Å². The molecule has 0 unspecified atom stereocenters. The Bertz CT molecular complexity index is 556. The van der Waals surface area contributed by atoms with Crippen LogP contribution in [0.2, 0.25) is 0 Å². The maximum atomic E-state index is 11.9. The molecule has 0 bridgehead atoms. The Kier molecular flexibility index (Phi) is 5.71. The highest BCUT2D eigenvalue weighted by molar-refractivity contribution is 5.89. The van der Waals surface area contributed by atoms with Gasteiger partial charge >= 0.3 is 5.97 Å². The first-order valence-corrected chi connectivity index (χ1v) is 6.27. The fourth-order valence-corrected chi connectivity index (χ4v) is 1.87. The highest BCUT2D eigenvalue weighted by Crippen LogP contribution is 2.20. The molecular formula is C14H18N2O5. The van der Waals surface area contributed by atoms with Crippen LogP contribution in [-0.4, -0.2) is 36.0 Å². The molecule has 1 atom stereocenters. The van der Waals surface area contributed by atoms with Gasteiger partial charge in [-0.25, -0.2) is 4.79 Å². The molecule has 0 aliphatic heterocycles. The van der Waals surface area contributed by atoms with E-state index in [-0.39, 0.29) is 6.42 Å². The number of carboxylic acids is 1. The molecule has 114 valence electrons. The minimum absolute atomic E-state index is 0.0482. The first-order valence-electron chi connectivity index (χ1n) is 6.27. The van der Waals surface area contributed by atoms with E-state index in [9.17, 15) is 14.4 Å². The lowest BCUT2D eigenvalue weighted by Crippen LogP contribution is -2.43.